The van der Waals surface area contributed by atoms with Crippen LogP contribution in [0.3, 0.4) is 0 Å². The van der Waals surface area contributed by atoms with Gasteiger partial charge in [0.2, 0.25) is 5.91 Å². The molecule has 0 bridgehead atoms. The Morgan fingerprint density at radius 2 is 2.23 bits per heavy atom. The molecular formula is C16H23N3O2S. The second kappa shape index (κ2) is 8.68. The zero-order chi connectivity index (χ0) is 15.8. The molecule has 0 saturated heterocycles. The molecule has 0 saturated carbocycles. The average molecular weight is 321 g/mol. The Labute approximate surface area is 135 Å². The first-order valence-corrected chi connectivity index (χ1v) is 8.73. The van der Waals surface area contributed by atoms with E-state index >= 15 is 0 Å². The fourth-order valence-electron chi connectivity index (χ4n) is 2.08. The molecule has 0 unspecified atom stereocenters. The molecule has 1 aromatic carbocycles. The van der Waals surface area contributed by atoms with Crippen molar-refractivity contribution in [1.29, 1.82) is 0 Å². The van der Waals surface area contributed by atoms with E-state index in [2.05, 4.69) is 22.2 Å². The first kappa shape index (κ1) is 16.7. The van der Waals surface area contributed by atoms with E-state index in [0.29, 0.717) is 12.4 Å². The minimum absolute atomic E-state index is 0.0524. The van der Waals surface area contributed by atoms with E-state index in [4.69, 9.17) is 4.74 Å². The Morgan fingerprint density at radius 1 is 1.36 bits per heavy atom. The molecule has 6 heteroatoms. The van der Waals surface area contributed by atoms with E-state index in [1.807, 2.05) is 25.1 Å². The second-order valence-electron chi connectivity index (χ2n) is 5.00. The van der Waals surface area contributed by atoms with Crippen molar-refractivity contribution in [2.75, 3.05) is 18.9 Å². The number of nitrogens with zero attached hydrogens (tertiary/aromatic N) is 1. The van der Waals surface area contributed by atoms with Crippen molar-refractivity contribution in [3.63, 3.8) is 0 Å². The van der Waals surface area contributed by atoms with E-state index < -0.39 is 0 Å². The predicted molar refractivity (Wildman–Crippen MR) is 90.5 cm³/mol. The van der Waals surface area contributed by atoms with Crippen molar-refractivity contribution >= 4 is 28.7 Å². The lowest BCUT2D eigenvalue weighted by atomic mass is 10.2. The van der Waals surface area contributed by atoms with Gasteiger partial charge in [-0.25, -0.2) is 4.98 Å². The van der Waals surface area contributed by atoms with Gasteiger partial charge in [-0.3, -0.25) is 4.79 Å². The van der Waals surface area contributed by atoms with Crippen LogP contribution in [0.2, 0.25) is 0 Å². The molecule has 0 spiro atoms. The zero-order valence-corrected chi connectivity index (χ0v) is 14.0. The summed E-state index contributed by atoms with van der Waals surface area (Å²) in [6, 6.07) is 5.76. The van der Waals surface area contributed by atoms with Gasteiger partial charge in [0, 0.05) is 12.6 Å². The molecule has 0 aliphatic heterocycles. The largest absolute Gasteiger partial charge is 0.494 e. The van der Waals surface area contributed by atoms with Crippen LogP contribution in [0.15, 0.2) is 23.4 Å². The molecule has 0 aliphatic rings. The van der Waals surface area contributed by atoms with Crippen LogP contribution in [0.5, 0.6) is 5.75 Å². The average Bonchev–Trinajstić information content (AvgIpc) is 2.92. The summed E-state index contributed by atoms with van der Waals surface area (Å²) >= 11 is 1.42. The number of amides is 1. The highest BCUT2D eigenvalue weighted by atomic mass is 32.2. The summed E-state index contributed by atoms with van der Waals surface area (Å²) in [5.41, 5.74) is 1.81. The van der Waals surface area contributed by atoms with Gasteiger partial charge in [-0.05, 0) is 25.5 Å². The summed E-state index contributed by atoms with van der Waals surface area (Å²) in [6.45, 7) is 5.50. The third-order valence-corrected chi connectivity index (χ3v) is 4.06. The number of carbonyl (C=O) groups is 1. The number of aromatic amines is 1. The van der Waals surface area contributed by atoms with Gasteiger partial charge < -0.3 is 15.0 Å². The van der Waals surface area contributed by atoms with E-state index in [0.717, 1.165) is 47.7 Å². The monoisotopic (exact) mass is 321 g/mol. The Bertz CT molecular complexity index is 612. The number of imidazole rings is 1. The van der Waals surface area contributed by atoms with Crippen molar-refractivity contribution in [3.8, 4) is 5.75 Å². The van der Waals surface area contributed by atoms with Crippen molar-refractivity contribution in [3.05, 3.63) is 18.2 Å². The van der Waals surface area contributed by atoms with Crippen molar-refractivity contribution < 1.29 is 9.53 Å². The molecule has 0 atom stereocenters. The highest BCUT2D eigenvalue weighted by Gasteiger charge is 2.07. The summed E-state index contributed by atoms with van der Waals surface area (Å²) in [5, 5.41) is 3.68. The number of carbonyl (C=O) groups excluding carboxylic acids is 1. The number of fused-ring (bicyclic) bond motifs is 1. The molecular weight excluding hydrogens is 298 g/mol. The molecule has 5 nitrogen and oxygen atoms in total. The fourth-order valence-corrected chi connectivity index (χ4v) is 2.79. The molecule has 22 heavy (non-hydrogen) atoms. The fraction of sp³-hybridized carbons (Fsp3) is 0.500. The lowest BCUT2D eigenvalue weighted by molar-refractivity contribution is -0.118. The summed E-state index contributed by atoms with van der Waals surface area (Å²) < 4.78 is 5.47. The number of H-pyrrole nitrogens is 1. The van der Waals surface area contributed by atoms with Gasteiger partial charge in [0.25, 0.3) is 0 Å². The van der Waals surface area contributed by atoms with Gasteiger partial charge in [-0.2, -0.15) is 0 Å². The zero-order valence-electron chi connectivity index (χ0n) is 13.1. The van der Waals surface area contributed by atoms with E-state index in [1.54, 1.807) is 0 Å². The topological polar surface area (TPSA) is 67.0 Å². The van der Waals surface area contributed by atoms with Crippen LogP contribution >= 0.6 is 11.8 Å². The first-order chi connectivity index (χ1) is 10.7. The molecule has 120 valence electrons. The minimum Gasteiger partial charge on any atom is -0.494 e. The number of rotatable bonds is 9. The van der Waals surface area contributed by atoms with Crippen molar-refractivity contribution in [2.24, 2.45) is 0 Å². The molecule has 2 aromatic rings. The first-order valence-electron chi connectivity index (χ1n) is 7.75. The summed E-state index contributed by atoms with van der Waals surface area (Å²) in [7, 11) is 0. The van der Waals surface area contributed by atoms with Crippen LogP contribution < -0.4 is 10.1 Å². The van der Waals surface area contributed by atoms with Crippen molar-refractivity contribution in [1.82, 2.24) is 15.3 Å². The summed E-state index contributed by atoms with van der Waals surface area (Å²) in [4.78, 5) is 19.4. The summed E-state index contributed by atoms with van der Waals surface area (Å²) in [5.74, 6) is 1.25. The minimum atomic E-state index is 0.0524. The van der Waals surface area contributed by atoms with Gasteiger partial charge in [-0.1, -0.05) is 31.5 Å². The molecule has 0 radical (unpaired) electrons. The lowest BCUT2D eigenvalue weighted by Crippen LogP contribution is -2.26. The smallest absolute Gasteiger partial charge is 0.230 e. The SMILES string of the molecule is CCCCCNC(=O)CSc1nc2ccc(OCC)cc2[nH]1. The molecule has 0 fully saturated rings. The highest BCUT2D eigenvalue weighted by molar-refractivity contribution is 7.99. The van der Waals surface area contributed by atoms with Crippen LogP contribution in [0.1, 0.15) is 33.1 Å². The predicted octanol–water partition coefficient (Wildman–Crippen LogP) is 3.36. The quantitative estimate of drug-likeness (QED) is 0.549. The van der Waals surface area contributed by atoms with Crippen LogP contribution in [0.4, 0.5) is 0 Å². The Balaban J connectivity index is 1.85. The maximum absolute atomic E-state index is 11.7. The van der Waals surface area contributed by atoms with Crippen LogP contribution in [0, 0.1) is 0 Å². The summed E-state index contributed by atoms with van der Waals surface area (Å²) in [6.07, 6.45) is 3.35. The third-order valence-electron chi connectivity index (χ3n) is 3.19. The molecule has 2 rings (SSSR count). The number of hydrogen-bond donors (Lipinski definition) is 2. The molecule has 2 N–H and O–H groups in total. The number of aromatic nitrogens is 2. The molecule has 1 amide bonds. The van der Waals surface area contributed by atoms with Crippen molar-refractivity contribution in [2.45, 2.75) is 38.3 Å². The third kappa shape index (κ3) is 4.94. The molecule has 0 aliphatic carbocycles. The number of unbranched alkanes of at least 4 members (excludes halogenated alkanes) is 2. The van der Waals surface area contributed by atoms with E-state index in [-0.39, 0.29) is 5.91 Å². The number of nitrogens with one attached hydrogen (secondary N) is 2. The molecule has 1 aromatic heterocycles. The van der Waals surface area contributed by atoms with Gasteiger partial charge in [0.05, 0.1) is 23.4 Å². The number of hydrogen-bond acceptors (Lipinski definition) is 4. The maximum Gasteiger partial charge on any atom is 0.230 e. The van der Waals surface area contributed by atoms with E-state index in [9.17, 15) is 4.79 Å². The second-order valence-corrected chi connectivity index (χ2v) is 5.96. The van der Waals surface area contributed by atoms with Crippen LogP contribution in [-0.2, 0) is 4.79 Å². The maximum atomic E-state index is 11.7. The molecule has 1 heterocycles. The van der Waals surface area contributed by atoms with Gasteiger partial charge in [0.15, 0.2) is 5.16 Å². The normalized spacial score (nSPS) is 10.8. The van der Waals surface area contributed by atoms with Crippen LogP contribution in [-0.4, -0.2) is 34.8 Å². The van der Waals surface area contributed by atoms with E-state index in [1.165, 1.54) is 11.8 Å². The Morgan fingerprint density at radius 3 is 3.00 bits per heavy atom. The number of ether oxygens (including phenoxy) is 1. The lowest BCUT2D eigenvalue weighted by Gasteiger charge is -2.03. The highest BCUT2D eigenvalue weighted by Crippen LogP contribution is 2.23. The Kier molecular flexibility index (Phi) is 6.58. The van der Waals surface area contributed by atoms with Gasteiger partial charge >= 0.3 is 0 Å². The van der Waals surface area contributed by atoms with Crippen LogP contribution in [0.25, 0.3) is 11.0 Å². The van der Waals surface area contributed by atoms with Gasteiger partial charge in [-0.15, -0.1) is 0 Å². The number of benzene rings is 1. The van der Waals surface area contributed by atoms with Gasteiger partial charge in [0.1, 0.15) is 5.75 Å². The number of thioether (sulfide) groups is 1. The standard InChI is InChI=1S/C16H23N3O2S/c1-3-5-6-9-17-15(20)11-22-16-18-13-8-7-12(21-4-2)10-14(13)19-16/h7-8,10H,3-6,9,11H2,1-2H3,(H,17,20)(H,18,19). The Hall–Kier alpha value is -1.69.